The summed E-state index contributed by atoms with van der Waals surface area (Å²) in [6.07, 6.45) is -4.60. The van der Waals surface area contributed by atoms with Crippen LogP contribution in [0.25, 0.3) is 0 Å². The summed E-state index contributed by atoms with van der Waals surface area (Å²) in [5, 5.41) is 2.97. The zero-order valence-electron chi connectivity index (χ0n) is 13.2. The van der Waals surface area contributed by atoms with Crippen molar-refractivity contribution in [3.8, 4) is 0 Å². The number of halogens is 3. The van der Waals surface area contributed by atoms with Gasteiger partial charge in [0.05, 0.1) is 5.69 Å². The number of rotatable bonds is 1. The second-order valence-electron chi connectivity index (χ2n) is 5.86. The van der Waals surface area contributed by atoms with E-state index in [2.05, 4.69) is 10.3 Å². The summed E-state index contributed by atoms with van der Waals surface area (Å²) in [7, 11) is 0. The van der Waals surface area contributed by atoms with Gasteiger partial charge >= 0.3 is 6.18 Å². The van der Waals surface area contributed by atoms with Crippen molar-refractivity contribution in [2.24, 2.45) is 0 Å². The Hall–Kier alpha value is -2.10. The Balaban J connectivity index is 1.86. The van der Waals surface area contributed by atoms with Gasteiger partial charge in [0.1, 0.15) is 0 Å². The van der Waals surface area contributed by atoms with Crippen LogP contribution in [-0.2, 0) is 24.1 Å². The molecule has 0 aromatic carbocycles. The first-order chi connectivity index (χ1) is 11.3. The van der Waals surface area contributed by atoms with E-state index in [4.69, 9.17) is 0 Å². The third-order valence-electron chi connectivity index (χ3n) is 4.35. The maximum atomic E-state index is 13.2. The van der Waals surface area contributed by atoms with Crippen LogP contribution in [0.2, 0.25) is 0 Å². The van der Waals surface area contributed by atoms with Gasteiger partial charge in [0.2, 0.25) is 11.7 Å². The van der Waals surface area contributed by atoms with E-state index in [1.165, 1.54) is 11.8 Å². The summed E-state index contributed by atoms with van der Waals surface area (Å²) in [5.74, 6) is -1.61. The number of carbonyl (C=O) groups is 2. The number of fused-ring (bicyclic) bond motifs is 1. The van der Waals surface area contributed by atoms with Gasteiger partial charge in [0.25, 0.3) is 5.91 Å². The Labute approximate surface area is 136 Å². The number of aromatic nitrogens is 2. The highest BCUT2D eigenvalue weighted by molar-refractivity contribution is 5.94. The van der Waals surface area contributed by atoms with E-state index < -0.39 is 17.9 Å². The number of alkyl halides is 3. The third kappa shape index (κ3) is 2.97. The van der Waals surface area contributed by atoms with E-state index in [1.54, 1.807) is 4.90 Å². The molecule has 1 saturated heterocycles. The van der Waals surface area contributed by atoms with E-state index in [-0.39, 0.29) is 30.4 Å². The molecule has 0 spiro atoms. The minimum Gasteiger partial charge on any atom is -0.339 e. The number of carbonyl (C=O) groups excluding carboxylic acids is 2. The van der Waals surface area contributed by atoms with Gasteiger partial charge < -0.3 is 19.7 Å². The van der Waals surface area contributed by atoms with Crippen LogP contribution in [0.5, 0.6) is 0 Å². The number of imidazole rings is 1. The van der Waals surface area contributed by atoms with Gasteiger partial charge in [0, 0.05) is 52.7 Å². The summed E-state index contributed by atoms with van der Waals surface area (Å²) >= 11 is 0. The predicted octanol–water partition coefficient (Wildman–Crippen LogP) is 0.309. The van der Waals surface area contributed by atoms with Crippen LogP contribution in [0.3, 0.4) is 0 Å². The van der Waals surface area contributed by atoms with Gasteiger partial charge in [-0.3, -0.25) is 9.59 Å². The highest BCUT2D eigenvalue weighted by atomic mass is 19.4. The molecular formula is C14H18F3N5O2. The summed E-state index contributed by atoms with van der Waals surface area (Å²) in [6, 6.07) is 0. The molecule has 0 saturated carbocycles. The normalized spacial score (nSPS) is 18.5. The van der Waals surface area contributed by atoms with Crippen molar-refractivity contribution in [3.63, 3.8) is 0 Å². The van der Waals surface area contributed by atoms with Crippen LogP contribution < -0.4 is 5.32 Å². The van der Waals surface area contributed by atoms with Gasteiger partial charge in [-0.05, 0) is 0 Å². The van der Waals surface area contributed by atoms with Gasteiger partial charge in [-0.15, -0.1) is 0 Å². The fourth-order valence-corrected chi connectivity index (χ4v) is 3.07. The first-order valence-corrected chi connectivity index (χ1v) is 7.71. The number of hydrogen-bond donors (Lipinski definition) is 1. The lowest BCUT2D eigenvalue weighted by Gasteiger charge is -2.34. The molecule has 1 N–H and O–H groups in total. The molecule has 0 unspecified atom stereocenters. The molecule has 2 aliphatic heterocycles. The highest BCUT2D eigenvalue weighted by Gasteiger charge is 2.41. The van der Waals surface area contributed by atoms with Crippen molar-refractivity contribution in [1.29, 1.82) is 0 Å². The van der Waals surface area contributed by atoms with Gasteiger partial charge in [-0.1, -0.05) is 0 Å². The van der Waals surface area contributed by atoms with Crippen molar-refractivity contribution in [2.45, 2.75) is 26.2 Å². The molecule has 7 nitrogen and oxygen atoms in total. The Morgan fingerprint density at radius 1 is 1.08 bits per heavy atom. The zero-order chi connectivity index (χ0) is 17.5. The molecule has 3 heterocycles. The molecule has 0 aliphatic carbocycles. The second kappa shape index (κ2) is 6.08. The Bertz CT molecular complexity index is 662. The van der Waals surface area contributed by atoms with Crippen molar-refractivity contribution < 1.29 is 22.8 Å². The zero-order valence-corrected chi connectivity index (χ0v) is 13.2. The maximum absolute atomic E-state index is 13.2. The lowest BCUT2D eigenvalue weighted by molar-refractivity contribution is -0.147. The lowest BCUT2D eigenvalue weighted by Crippen LogP contribution is -2.50. The van der Waals surface area contributed by atoms with E-state index in [0.717, 1.165) is 4.57 Å². The number of amides is 2. The van der Waals surface area contributed by atoms with Gasteiger partial charge in [0.15, 0.2) is 5.69 Å². The Morgan fingerprint density at radius 2 is 1.71 bits per heavy atom. The summed E-state index contributed by atoms with van der Waals surface area (Å²) in [5.41, 5.74) is 0.123. The summed E-state index contributed by atoms with van der Waals surface area (Å²) in [6.45, 7) is 3.49. The molecule has 3 rings (SSSR count). The first kappa shape index (κ1) is 16.7. The number of nitrogens with zero attached hydrogens (tertiary/aromatic N) is 4. The van der Waals surface area contributed by atoms with Crippen molar-refractivity contribution in [3.05, 3.63) is 17.2 Å². The number of nitrogens with one attached hydrogen (secondary N) is 1. The van der Waals surface area contributed by atoms with E-state index >= 15 is 0 Å². The molecule has 1 fully saturated rings. The van der Waals surface area contributed by atoms with E-state index in [1.807, 2.05) is 0 Å². The smallest absolute Gasteiger partial charge is 0.339 e. The average molecular weight is 345 g/mol. The van der Waals surface area contributed by atoms with Crippen molar-refractivity contribution in [2.75, 3.05) is 32.7 Å². The summed E-state index contributed by atoms with van der Waals surface area (Å²) < 4.78 is 40.6. The molecule has 24 heavy (non-hydrogen) atoms. The molecule has 0 radical (unpaired) electrons. The molecule has 1 aromatic heterocycles. The van der Waals surface area contributed by atoms with Crippen LogP contribution in [0.1, 0.15) is 28.9 Å². The molecule has 10 heteroatoms. The van der Waals surface area contributed by atoms with Crippen LogP contribution in [-0.4, -0.2) is 63.9 Å². The van der Waals surface area contributed by atoms with Crippen LogP contribution in [0.15, 0.2) is 0 Å². The van der Waals surface area contributed by atoms with Crippen molar-refractivity contribution >= 4 is 11.8 Å². The van der Waals surface area contributed by atoms with E-state index in [9.17, 15) is 22.8 Å². The lowest BCUT2D eigenvalue weighted by atomic mass is 10.2. The quantitative estimate of drug-likeness (QED) is 0.795. The molecule has 0 bridgehead atoms. The fraction of sp³-hybridized carbons (Fsp3) is 0.643. The highest BCUT2D eigenvalue weighted by Crippen LogP contribution is 2.31. The van der Waals surface area contributed by atoms with Crippen LogP contribution >= 0.6 is 0 Å². The van der Waals surface area contributed by atoms with Crippen LogP contribution in [0, 0.1) is 0 Å². The molecule has 1 aromatic rings. The average Bonchev–Trinajstić information content (AvgIpc) is 2.94. The minimum absolute atomic E-state index is 0.0787. The summed E-state index contributed by atoms with van der Waals surface area (Å²) in [4.78, 5) is 30.6. The minimum atomic E-state index is -4.60. The van der Waals surface area contributed by atoms with Gasteiger partial charge in [-0.2, -0.15) is 13.2 Å². The fourth-order valence-electron chi connectivity index (χ4n) is 3.07. The van der Waals surface area contributed by atoms with E-state index in [0.29, 0.717) is 32.7 Å². The molecule has 132 valence electrons. The number of hydrogen-bond acceptors (Lipinski definition) is 4. The SMILES string of the molecule is CC(=O)N1CCN(C(=O)c2nc(C(F)(F)F)n3c2CNCC3)CC1. The topological polar surface area (TPSA) is 70.5 Å². The molecule has 0 atom stereocenters. The monoisotopic (exact) mass is 345 g/mol. The Kier molecular flexibility index (Phi) is 4.24. The van der Waals surface area contributed by atoms with Crippen molar-refractivity contribution in [1.82, 2.24) is 24.7 Å². The first-order valence-electron chi connectivity index (χ1n) is 7.71. The molecule has 2 aliphatic rings. The number of piperazine rings is 1. The predicted molar refractivity (Wildman–Crippen MR) is 77.1 cm³/mol. The molecular weight excluding hydrogens is 327 g/mol. The molecule has 2 amide bonds. The van der Waals surface area contributed by atoms with Crippen LogP contribution in [0.4, 0.5) is 13.2 Å². The second-order valence-corrected chi connectivity index (χ2v) is 5.86. The van der Waals surface area contributed by atoms with Gasteiger partial charge in [-0.25, -0.2) is 4.98 Å². The third-order valence-corrected chi connectivity index (χ3v) is 4.35. The Morgan fingerprint density at radius 3 is 2.29 bits per heavy atom. The maximum Gasteiger partial charge on any atom is 0.449 e. The largest absolute Gasteiger partial charge is 0.449 e. The standard InChI is InChI=1S/C14H18F3N5O2/c1-9(23)20-4-6-21(7-5-20)12(24)11-10-8-18-2-3-22(10)13(19-11)14(15,16)17/h18H,2-8H2,1H3.